The van der Waals surface area contributed by atoms with Gasteiger partial charge < -0.3 is 15.4 Å². The van der Waals surface area contributed by atoms with Crippen molar-refractivity contribution in [1.29, 1.82) is 0 Å². The standard InChI is InChI=1S/C13H17ClFN3O3/c14-10-7-13(18(19)20)12(8-11(10)15)17-5-6-21-9-1-3-16-4-2-9/h7-9,16-17H,1-6H2. The van der Waals surface area contributed by atoms with Gasteiger partial charge in [0.2, 0.25) is 0 Å². The Morgan fingerprint density at radius 2 is 2.19 bits per heavy atom. The lowest BCUT2D eigenvalue weighted by Gasteiger charge is -2.23. The average molecular weight is 318 g/mol. The summed E-state index contributed by atoms with van der Waals surface area (Å²) in [5, 5.41) is 16.7. The monoisotopic (exact) mass is 317 g/mol. The van der Waals surface area contributed by atoms with Gasteiger partial charge in [0.05, 0.1) is 22.7 Å². The average Bonchev–Trinajstić information content (AvgIpc) is 2.47. The van der Waals surface area contributed by atoms with Gasteiger partial charge in [0, 0.05) is 18.7 Å². The van der Waals surface area contributed by atoms with Crippen LogP contribution in [0.4, 0.5) is 15.8 Å². The summed E-state index contributed by atoms with van der Waals surface area (Å²) in [6.45, 7) is 2.65. The number of nitro benzene ring substituents is 1. The summed E-state index contributed by atoms with van der Waals surface area (Å²) >= 11 is 5.55. The molecule has 116 valence electrons. The third kappa shape index (κ3) is 4.52. The van der Waals surface area contributed by atoms with E-state index in [-0.39, 0.29) is 22.5 Å². The molecule has 8 heteroatoms. The minimum atomic E-state index is -0.691. The van der Waals surface area contributed by atoms with Crippen LogP contribution in [0.1, 0.15) is 12.8 Å². The third-order valence-corrected chi connectivity index (χ3v) is 3.58. The van der Waals surface area contributed by atoms with E-state index in [9.17, 15) is 14.5 Å². The molecule has 0 aliphatic carbocycles. The van der Waals surface area contributed by atoms with Crippen molar-refractivity contribution >= 4 is 23.0 Å². The molecular formula is C13H17ClFN3O3. The number of anilines is 1. The van der Waals surface area contributed by atoms with Gasteiger partial charge in [0.25, 0.3) is 5.69 Å². The van der Waals surface area contributed by atoms with E-state index < -0.39 is 10.7 Å². The fourth-order valence-corrected chi connectivity index (χ4v) is 2.36. The van der Waals surface area contributed by atoms with Crippen molar-refractivity contribution in [2.45, 2.75) is 18.9 Å². The zero-order valence-corrected chi connectivity index (χ0v) is 12.2. The molecule has 1 aliphatic heterocycles. The number of nitro groups is 1. The Morgan fingerprint density at radius 1 is 1.48 bits per heavy atom. The van der Waals surface area contributed by atoms with Crippen molar-refractivity contribution < 1.29 is 14.1 Å². The van der Waals surface area contributed by atoms with Crippen molar-refractivity contribution in [2.75, 3.05) is 31.6 Å². The van der Waals surface area contributed by atoms with Gasteiger partial charge in [0.15, 0.2) is 0 Å². The number of nitrogens with one attached hydrogen (secondary N) is 2. The Labute approximate surface area is 126 Å². The molecule has 0 radical (unpaired) electrons. The summed E-state index contributed by atoms with van der Waals surface area (Å²) in [5.74, 6) is -0.691. The van der Waals surface area contributed by atoms with Gasteiger partial charge in [-0.05, 0) is 25.9 Å². The molecule has 1 saturated heterocycles. The molecule has 2 N–H and O–H groups in total. The van der Waals surface area contributed by atoms with E-state index >= 15 is 0 Å². The van der Waals surface area contributed by atoms with Gasteiger partial charge in [-0.2, -0.15) is 0 Å². The van der Waals surface area contributed by atoms with E-state index in [0.717, 1.165) is 38.1 Å². The van der Waals surface area contributed by atoms with Crippen molar-refractivity contribution in [3.8, 4) is 0 Å². The molecule has 1 fully saturated rings. The van der Waals surface area contributed by atoms with E-state index in [1.165, 1.54) is 0 Å². The Hall–Kier alpha value is -1.44. The highest BCUT2D eigenvalue weighted by Gasteiger charge is 2.18. The van der Waals surface area contributed by atoms with Crippen LogP contribution < -0.4 is 10.6 Å². The number of ether oxygens (including phenoxy) is 1. The largest absolute Gasteiger partial charge is 0.377 e. The second kappa shape index (κ2) is 7.53. The maximum absolute atomic E-state index is 13.4. The molecule has 0 spiro atoms. The van der Waals surface area contributed by atoms with Gasteiger partial charge in [-0.3, -0.25) is 10.1 Å². The number of rotatable bonds is 6. The minimum absolute atomic E-state index is 0.107. The summed E-state index contributed by atoms with van der Waals surface area (Å²) in [4.78, 5) is 10.3. The minimum Gasteiger partial charge on any atom is -0.377 e. The second-order valence-corrected chi connectivity index (χ2v) is 5.19. The molecular weight excluding hydrogens is 301 g/mol. The molecule has 0 atom stereocenters. The Morgan fingerprint density at radius 3 is 2.86 bits per heavy atom. The first kappa shape index (κ1) is 15.9. The lowest BCUT2D eigenvalue weighted by Crippen LogP contribution is -2.33. The van der Waals surface area contributed by atoms with E-state index in [1.54, 1.807) is 0 Å². The van der Waals surface area contributed by atoms with Crippen LogP contribution in [-0.2, 0) is 4.74 Å². The Balaban J connectivity index is 1.87. The van der Waals surface area contributed by atoms with Crippen LogP contribution in [0.5, 0.6) is 0 Å². The first-order valence-electron chi connectivity index (χ1n) is 6.77. The fraction of sp³-hybridized carbons (Fsp3) is 0.538. The lowest BCUT2D eigenvalue weighted by atomic mass is 10.1. The Bertz CT molecular complexity index is 510. The van der Waals surface area contributed by atoms with Crippen LogP contribution in [-0.4, -0.2) is 37.3 Å². The zero-order valence-electron chi connectivity index (χ0n) is 11.4. The van der Waals surface area contributed by atoms with E-state index in [4.69, 9.17) is 16.3 Å². The Kier molecular flexibility index (Phi) is 5.72. The summed E-state index contributed by atoms with van der Waals surface area (Å²) in [6, 6.07) is 2.04. The fourth-order valence-electron chi connectivity index (χ4n) is 2.20. The van der Waals surface area contributed by atoms with Crippen LogP contribution in [0.15, 0.2) is 12.1 Å². The number of halogens is 2. The third-order valence-electron chi connectivity index (χ3n) is 3.29. The number of hydrogen-bond donors (Lipinski definition) is 2. The lowest BCUT2D eigenvalue weighted by molar-refractivity contribution is -0.384. The smallest absolute Gasteiger partial charge is 0.294 e. The van der Waals surface area contributed by atoms with Crippen LogP contribution in [0.2, 0.25) is 5.02 Å². The molecule has 2 rings (SSSR count). The number of hydrogen-bond acceptors (Lipinski definition) is 5. The van der Waals surface area contributed by atoms with E-state index in [2.05, 4.69) is 10.6 Å². The molecule has 0 amide bonds. The second-order valence-electron chi connectivity index (χ2n) is 4.79. The number of piperidine rings is 1. The summed E-state index contributed by atoms with van der Waals surface area (Å²) < 4.78 is 19.1. The summed E-state index contributed by atoms with van der Waals surface area (Å²) in [7, 11) is 0. The molecule has 21 heavy (non-hydrogen) atoms. The quantitative estimate of drug-likeness (QED) is 0.479. The maximum atomic E-state index is 13.4. The van der Waals surface area contributed by atoms with Gasteiger partial charge in [-0.25, -0.2) is 4.39 Å². The van der Waals surface area contributed by atoms with Gasteiger partial charge in [-0.1, -0.05) is 11.6 Å². The topological polar surface area (TPSA) is 76.4 Å². The molecule has 0 saturated carbocycles. The van der Waals surface area contributed by atoms with Crippen LogP contribution in [0.25, 0.3) is 0 Å². The van der Waals surface area contributed by atoms with Gasteiger partial charge in [-0.15, -0.1) is 0 Å². The molecule has 6 nitrogen and oxygen atoms in total. The SMILES string of the molecule is O=[N+]([O-])c1cc(Cl)c(F)cc1NCCOC1CCNCC1. The zero-order chi connectivity index (χ0) is 15.2. The van der Waals surface area contributed by atoms with Crippen molar-refractivity contribution in [2.24, 2.45) is 0 Å². The van der Waals surface area contributed by atoms with Crippen LogP contribution >= 0.6 is 11.6 Å². The normalized spacial score (nSPS) is 15.9. The van der Waals surface area contributed by atoms with Gasteiger partial charge in [0.1, 0.15) is 11.5 Å². The van der Waals surface area contributed by atoms with E-state index in [1.807, 2.05) is 0 Å². The highest BCUT2D eigenvalue weighted by molar-refractivity contribution is 6.31. The number of nitrogens with zero attached hydrogens (tertiary/aromatic N) is 1. The molecule has 0 bridgehead atoms. The highest BCUT2D eigenvalue weighted by Crippen LogP contribution is 2.30. The molecule has 1 aliphatic rings. The first-order chi connectivity index (χ1) is 10.1. The molecule has 1 aromatic carbocycles. The van der Waals surface area contributed by atoms with Crippen molar-refractivity contribution in [1.82, 2.24) is 5.32 Å². The molecule has 1 heterocycles. The number of benzene rings is 1. The first-order valence-corrected chi connectivity index (χ1v) is 7.15. The summed E-state index contributed by atoms with van der Waals surface area (Å²) in [5.41, 5.74) is -0.140. The highest BCUT2D eigenvalue weighted by atomic mass is 35.5. The predicted octanol–water partition coefficient (Wildman–Crippen LogP) is 2.57. The van der Waals surface area contributed by atoms with Crippen molar-refractivity contribution in [3.63, 3.8) is 0 Å². The van der Waals surface area contributed by atoms with Crippen LogP contribution in [0.3, 0.4) is 0 Å². The van der Waals surface area contributed by atoms with E-state index in [0.29, 0.717) is 13.2 Å². The summed E-state index contributed by atoms with van der Waals surface area (Å²) in [6.07, 6.45) is 2.12. The molecule has 0 unspecified atom stereocenters. The van der Waals surface area contributed by atoms with Crippen molar-refractivity contribution in [3.05, 3.63) is 33.1 Å². The van der Waals surface area contributed by atoms with Gasteiger partial charge >= 0.3 is 0 Å². The maximum Gasteiger partial charge on any atom is 0.294 e. The van der Waals surface area contributed by atoms with Crippen LogP contribution in [0, 0.1) is 15.9 Å². The molecule has 1 aromatic rings. The molecule has 0 aromatic heterocycles. The predicted molar refractivity (Wildman–Crippen MR) is 78.4 cm³/mol.